The third-order valence-electron chi connectivity index (χ3n) is 2.46. The van der Waals surface area contributed by atoms with Gasteiger partial charge in [0.15, 0.2) is 0 Å². The lowest BCUT2D eigenvalue weighted by molar-refractivity contribution is 0.541. The van der Waals surface area contributed by atoms with Gasteiger partial charge in [-0.05, 0) is 18.6 Å². The lowest BCUT2D eigenvalue weighted by Gasteiger charge is -2.20. The van der Waals surface area contributed by atoms with Gasteiger partial charge in [0.05, 0.1) is 11.1 Å². The van der Waals surface area contributed by atoms with Gasteiger partial charge in [-0.1, -0.05) is 18.2 Å². The minimum absolute atomic E-state index is 0.0418. The van der Waals surface area contributed by atoms with Crippen LogP contribution in [-0.4, -0.2) is 16.8 Å². The number of hydrogen-bond donors (Lipinski definition) is 1. The highest BCUT2D eigenvalue weighted by atomic mass is 32.2. The van der Waals surface area contributed by atoms with Crippen LogP contribution >= 0.6 is 11.8 Å². The maximum atomic E-state index is 5.90. The zero-order valence-corrected chi connectivity index (χ0v) is 9.05. The molecule has 0 amide bonds. The van der Waals surface area contributed by atoms with Crippen molar-refractivity contribution in [2.24, 2.45) is 4.99 Å². The molecule has 0 aliphatic carbocycles. The highest BCUT2D eigenvalue weighted by Crippen LogP contribution is 2.28. The first-order chi connectivity index (χ1) is 6.70. The minimum Gasteiger partial charge on any atom is -0.399 e. The Morgan fingerprint density at radius 3 is 2.93 bits per heavy atom. The molecule has 0 radical (unpaired) electrons. The topological polar surface area (TPSA) is 38.4 Å². The second kappa shape index (κ2) is 3.65. The van der Waals surface area contributed by atoms with Crippen LogP contribution in [0.1, 0.15) is 12.5 Å². The molecule has 1 aromatic rings. The molecule has 1 aliphatic heterocycles. The van der Waals surface area contributed by atoms with E-state index in [0.29, 0.717) is 0 Å². The van der Waals surface area contributed by atoms with E-state index in [-0.39, 0.29) is 5.54 Å². The second-order valence-electron chi connectivity index (χ2n) is 3.92. The highest BCUT2D eigenvalue weighted by Gasteiger charge is 2.27. The normalized spacial score (nSPS) is 25.5. The molecule has 1 aliphatic rings. The Balaban J connectivity index is 2.18. The number of nitrogens with zero attached hydrogens (tertiary/aromatic N) is 1. The van der Waals surface area contributed by atoms with Crippen molar-refractivity contribution < 1.29 is 0 Å². The Bertz CT molecular complexity index is 362. The van der Waals surface area contributed by atoms with Gasteiger partial charge in [-0.3, -0.25) is 4.99 Å². The summed E-state index contributed by atoms with van der Waals surface area (Å²) in [6.45, 7) is 2.18. The summed E-state index contributed by atoms with van der Waals surface area (Å²) in [4.78, 5) is 4.49. The van der Waals surface area contributed by atoms with Crippen molar-refractivity contribution in [3.8, 4) is 0 Å². The van der Waals surface area contributed by atoms with E-state index in [1.165, 1.54) is 5.56 Å². The smallest absolute Gasteiger partial charge is 0.0721 e. The Kier molecular flexibility index (Phi) is 2.50. The average Bonchev–Trinajstić information content (AvgIpc) is 2.57. The second-order valence-corrected chi connectivity index (χ2v) is 4.75. The summed E-state index contributed by atoms with van der Waals surface area (Å²) < 4.78 is 0. The SMILES string of the molecule is CC1(Cc2ccccc2N)CSC=N1. The number of rotatable bonds is 2. The predicted molar refractivity (Wildman–Crippen MR) is 63.9 cm³/mol. The molecule has 2 rings (SSSR count). The standard InChI is InChI=1S/C11H14N2S/c1-11(7-14-8-13-11)6-9-4-2-3-5-10(9)12/h2-5,8H,6-7,12H2,1H3. The molecule has 2 nitrogen and oxygen atoms in total. The predicted octanol–water partition coefficient (Wildman–Crippen LogP) is 2.35. The lowest BCUT2D eigenvalue weighted by atomic mass is 9.95. The molecule has 1 heterocycles. The molecule has 3 heteroatoms. The van der Waals surface area contributed by atoms with Crippen LogP contribution in [0.15, 0.2) is 29.3 Å². The molecule has 1 atom stereocenters. The van der Waals surface area contributed by atoms with Crippen LogP contribution in [0.2, 0.25) is 0 Å². The van der Waals surface area contributed by atoms with E-state index in [1.807, 2.05) is 23.7 Å². The zero-order valence-electron chi connectivity index (χ0n) is 8.23. The van der Waals surface area contributed by atoms with Gasteiger partial charge in [0, 0.05) is 17.9 Å². The summed E-state index contributed by atoms with van der Waals surface area (Å²) in [5.41, 5.74) is 9.96. The summed E-state index contributed by atoms with van der Waals surface area (Å²) in [7, 11) is 0. The molecule has 74 valence electrons. The summed E-state index contributed by atoms with van der Waals surface area (Å²) >= 11 is 1.77. The van der Waals surface area contributed by atoms with Gasteiger partial charge in [0.1, 0.15) is 0 Å². The number of hydrogen-bond acceptors (Lipinski definition) is 3. The van der Waals surface area contributed by atoms with E-state index in [1.54, 1.807) is 11.8 Å². The molecular weight excluding hydrogens is 192 g/mol. The Morgan fingerprint density at radius 1 is 1.50 bits per heavy atom. The first-order valence-electron chi connectivity index (χ1n) is 4.68. The maximum absolute atomic E-state index is 5.90. The number of aliphatic imine (C=N–C) groups is 1. The van der Waals surface area contributed by atoms with Crippen LogP contribution in [0.3, 0.4) is 0 Å². The van der Waals surface area contributed by atoms with Crippen molar-refractivity contribution in [2.45, 2.75) is 18.9 Å². The average molecular weight is 206 g/mol. The zero-order chi connectivity index (χ0) is 10.0. The van der Waals surface area contributed by atoms with Crippen LogP contribution in [0.4, 0.5) is 5.69 Å². The van der Waals surface area contributed by atoms with E-state index < -0.39 is 0 Å². The molecule has 0 aromatic heterocycles. The Hall–Kier alpha value is -0.960. The molecule has 0 spiro atoms. The number of benzene rings is 1. The van der Waals surface area contributed by atoms with Gasteiger partial charge >= 0.3 is 0 Å². The van der Waals surface area contributed by atoms with Gasteiger partial charge in [-0.25, -0.2) is 0 Å². The molecule has 0 bridgehead atoms. The van der Waals surface area contributed by atoms with E-state index in [4.69, 9.17) is 5.73 Å². The number of para-hydroxylation sites is 1. The molecule has 0 fully saturated rings. The van der Waals surface area contributed by atoms with E-state index in [0.717, 1.165) is 17.9 Å². The fourth-order valence-corrected chi connectivity index (χ4v) is 2.56. The number of nitrogen functional groups attached to an aromatic ring is 1. The third kappa shape index (κ3) is 1.93. The summed E-state index contributed by atoms with van der Waals surface area (Å²) in [5.74, 6) is 1.06. The maximum Gasteiger partial charge on any atom is 0.0721 e. The fourth-order valence-electron chi connectivity index (χ4n) is 1.62. The Morgan fingerprint density at radius 2 is 2.29 bits per heavy atom. The van der Waals surface area contributed by atoms with Crippen LogP contribution in [0.5, 0.6) is 0 Å². The van der Waals surface area contributed by atoms with Crippen molar-refractivity contribution in [1.29, 1.82) is 0 Å². The Labute approximate surface area is 88.6 Å². The quantitative estimate of drug-likeness (QED) is 0.754. The van der Waals surface area contributed by atoms with E-state index in [9.17, 15) is 0 Å². The largest absolute Gasteiger partial charge is 0.399 e. The number of thioether (sulfide) groups is 1. The molecule has 0 saturated heterocycles. The van der Waals surface area contributed by atoms with Crippen LogP contribution in [0.25, 0.3) is 0 Å². The van der Waals surface area contributed by atoms with Crippen molar-refractivity contribution >= 4 is 23.0 Å². The van der Waals surface area contributed by atoms with Gasteiger partial charge in [-0.15, -0.1) is 11.8 Å². The molecule has 1 aromatic carbocycles. The highest BCUT2D eigenvalue weighted by molar-refractivity contribution is 8.12. The summed E-state index contributed by atoms with van der Waals surface area (Å²) in [5, 5.41) is 0. The lowest BCUT2D eigenvalue weighted by Crippen LogP contribution is -2.25. The van der Waals surface area contributed by atoms with Crippen LogP contribution in [0, 0.1) is 0 Å². The first kappa shape index (κ1) is 9.59. The summed E-state index contributed by atoms with van der Waals surface area (Å²) in [6, 6.07) is 8.03. The van der Waals surface area contributed by atoms with Crippen molar-refractivity contribution in [1.82, 2.24) is 0 Å². The number of nitrogens with two attached hydrogens (primary N) is 1. The number of anilines is 1. The van der Waals surface area contributed by atoms with Crippen molar-refractivity contribution in [3.63, 3.8) is 0 Å². The van der Waals surface area contributed by atoms with Gasteiger partial charge in [0.25, 0.3) is 0 Å². The van der Waals surface area contributed by atoms with E-state index >= 15 is 0 Å². The molecule has 0 saturated carbocycles. The molecular formula is C11H14N2S. The fraction of sp³-hybridized carbons (Fsp3) is 0.364. The molecule has 1 unspecified atom stereocenters. The first-order valence-corrected chi connectivity index (χ1v) is 5.73. The van der Waals surface area contributed by atoms with E-state index in [2.05, 4.69) is 18.0 Å². The minimum atomic E-state index is 0.0418. The molecule has 14 heavy (non-hydrogen) atoms. The van der Waals surface area contributed by atoms with Crippen LogP contribution < -0.4 is 5.73 Å². The molecule has 2 N–H and O–H groups in total. The van der Waals surface area contributed by atoms with Gasteiger partial charge in [-0.2, -0.15) is 0 Å². The van der Waals surface area contributed by atoms with Gasteiger partial charge in [0.2, 0.25) is 0 Å². The summed E-state index contributed by atoms with van der Waals surface area (Å²) in [6.07, 6.45) is 0.934. The monoisotopic (exact) mass is 206 g/mol. The van der Waals surface area contributed by atoms with Crippen molar-refractivity contribution in [3.05, 3.63) is 29.8 Å². The van der Waals surface area contributed by atoms with Crippen LogP contribution in [-0.2, 0) is 6.42 Å². The third-order valence-corrected chi connectivity index (χ3v) is 3.50. The van der Waals surface area contributed by atoms with Gasteiger partial charge < -0.3 is 5.73 Å². The van der Waals surface area contributed by atoms with Crippen molar-refractivity contribution in [2.75, 3.05) is 11.5 Å².